The second-order valence-electron chi connectivity index (χ2n) is 5.26. The van der Waals surface area contributed by atoms with Crippen LogP contribution in [0.15, 0.2) is 58.4 Å². The Morgan fingerprint density at radius 2 is 1.64 bits per heavy atom. The molecule has 0 atom stereocenters. The number of benzene rings is 1. The summed E-state index contributed by atoms with van der Waals surface area (Å²) in [4.78, 5) is 29.7. The molecule has 0 spiro atoms. The highest BCUT2D eigenvalue weighted by molar-refractivity contribution is 7.99. The lowest BCUT2D eigenvalue weighted by Gasteiger charge is -2.12. The second kappa shape index (κ2) is 6.48. The predicted octanol–water partition coefficient (Wildman–Crippen LogP) is 2.52. The molecule has 0 N–H and O–H groups in total. The van der Waals surface area contributed by atoms with Crippen molar-refractivity contribution >= 4 is 23.6 Å². The molecule has 0 saturated carbocycles. The molecule has 2 aromatic heterocycles. The maximum atomic E-state index is 12.3. The number of aromatic nitrogens is 3. The fourth-order valence-corrected chi connectivity index (χ4v) is 3.23. The zero-order valence-corrected chi connectivity index (χ0v) is 13.8. The first-order valence-electron chi connectivity index (χ1n) is 7.56. The summed E-state index contributed by atoms with van der Waals surface area (Å²) in [6.45, 7) is 0.282. The van der Waals surface area contributed by atoms with Crippen molar-refractivity contribution in [2.24, 2.45) is 0 Å². The molecule has 8 heteroatoms. The lowest BCUT2D eigenvalue weighted by atomic mass is 10.1. The van der Waals surface area contributed by atoms with Crippen LogP contribution in [0.2, 0.25) is 0 Å². The molecule has 0 radical (unpaired) electrons. The monoisotopic (exact) mass is 352 g/mol. The van der Waals surface area contributed by atoms with Crippen molar-refractivity contribution in [3.05, 3.63) is 59.9 Å². The van der Waals surface area contributed by atoms with E-state index in [1.165, 1.54) is 16.7 Å². The van der Waals surface area contributed by atoms with Crippen molar-refractivity contribution in [1.29, 1.82) is 0 Å². The van der Waals surface area contributed by atoms with Crippen molar-refractivity contribution in [2.45, 2.75) is 5.22 Å². The van der Waals surface area contributed by atoms with E-state index in [1.54, 1.807) is 48.8 Å². The van der Waals surface area contributed by atoms with E-state index in [2.05, 4.69) is 15.2 Å². The van der Waals surface area contributed by atoms with Crippen molar-refractivity contribution in [3.8, 4) is 11.5 Å². The predicted molar refractivity (Wildman–Crippen MR) is 90.1 cm³/mol. The zero-order valence-electron chi connectivity index (χ0n) is 13.0. The van der Waals surface area contributed by atoms with Gasteiger partial charge in [-0.3, -0.25) is 19.5 Å². The largest absolute Gasteiger partial charge is 0.411 e. The van der Waals surface area contributed by atoms with Crippen LogP contribution in [0.25, 0.3) is 11.5 Å². The number of carbonyl (C=O) groups is 2. The lowest BCUT2D eigenvalue weighted by molar-refractivity contribution is 0.0664. The van der Waals surface area contributed by atoms with E-state index in [9.17, 15) is 9.59 Å². The summed E-state index contributed by atoms with van der Waals surface area (Å²) < 4.78 is 5.57. The first-order valence-corrected chi connectivity index (χ1v) is 8.54. The Morgan fingerprint density at radius 1 is 0.960 bits per heavy atom. The summed E-state index contributed by atoms with van der Waals surface area (Å²) in [6.07, 6.45) is 3.29. The average Bonchev–Trinajstić information content (AvgIpc) is 3.22. The van der Waals surface area contributed by atoms with E-state index in [0.29, 0.717) is 28.0 Å². The van der Waals surface area contributed by atoms with Crippen LogP contribution in [0.1, 0.15) is 20.7 Å². The Hall–Kier alpha value is -3.00. The Kier molecular flexibility index (Phi) is 4.02. The highest BCUT2D eigenvalue weighted by Crippen LogP contribution is 2.25. The van der Waals surface area contributed by atoms with E-state index < -0.39 is 0 Å². The van der Waals surface area contributed by atoms with Crippen molar-refractivity contribution in [2.75, 3.05) is 12.3 Å². The molecule has 4 rings (SSSR count). The summed E-state index contributed by atoms with van der Waals surface area (Å²) in [7, 11) is 0. The lowest BCUT2D eigenvalue weighted by Crippen LogP contribution is -2.31. The number of carbonyl (C=O) groups excluding carboxylic acids is 2. The van der Waals surface area contributed by atoms with E-state index in [1.807, 2.05) is 0 Å². The summed E-state index contributed by atoms with van der Waals surface area (Å²) >= 11 is 1.30. The van der Waals surface area contributed by atoms with E-state index in [0.717, 1.165) is 5.56 Å². The highest BCUT2D eigenvalue weighted by Gasteiger charge is 2.34. The Morgan fingerprint density at radius 3 is 2.32 bits per heavy atom. The average molecular weight is 352 g/mol. The fourth-order valence-electron chi connectivity index (χ4n) is 2.55. The molecule has 1 aliphatic rings. The molecule has 3 heterocycles. The molecule has 1 aliphatic heterocycles. The molecular weight excluding hydrogens is 340 g/mol. The summed E-state index contributed by atoms with van der Waals surface area (Å²) in [5, 5.41) is 8.35. The van der Waals surface area contributed by atoms with Gasteiger partial charge < -0.3 is 4.42 Å². The SMILES string of the molecule is O=C1c2ccccc2C(=O)N1CCSc1nnc(-c2ccncc2)o1. The van der Waals surface area contributed by atoms with E-state index in [4.69, 9.17) is 4.42 Å². The molecule has 3 aromatic rings. The zero-order chi connectivity index (χ0) is 17.2. The summed E-state index contributed by atoms with van der Waals surface area (Å²) in [6, 6.07) is 10.4. The van der Waals surface area contributed by atoms with Crippen LogP contribution >= 0.6 is 11.8 Å². The Labute approximate surface area is 147 Å². The van der Waals surface area contributed by atoms with Crippen LogP contribution in [-0.2, 0) is 0 Å². The molecule has 1 aromatic carbocycles. The first kappa shape index (κ1) is 15.5. The van der Waals surface area contributed by atoms with Gasteiger partial charge in [0.25, 0.3) is 17.0 Å². The Balaban J connectivity index is 1.39. The van der Waals surface area contributed by atoms with Gasteiger partial charge in [-0.15, -0.1) is 10.2 Å². The molecule has 0 fully saturated rings. The van der Waals surface area contributed by atoms with Gasteiger partial charge >= 0.3 is 0 Å². The van der Waals surface area contributed by atoms with Gasteiger partial charge in [-0.05, 0) is 24.3 Å². The molecule has 0 bridgehead atoms. The number of imide groups is 1. The quantitative estimate of drug-likeness (QED) is 0.515. The molecule has 0 aliphatic carbocycles. The number of amides is 2. The maximum Gasteiger partial charge on any atom is 0.276 e. The third kappa shape index (κ3) is 2.91. The molecular formula is C17H12N4O3S. The first-order chi connectivity index (χ1) is 12.2. The number of pyridine rings is 1. The highest BCUT2D eigenvalue weighted by atomic mass is 32.2. The summed E-state index contributed by atoms with van der Waals surface area (Å²) in [5.41, 5.74) is 1.69. The van der Waals surface area contributed by atoms with Crippen LogP contribution in [0.5, 0.6) is 0 Å². The minimum absolute atomic E-state index is 0.260. The van der Waals surface area contributed by atoms with Gasteiger partial charge in [0.15, 0.2) is 0 Å². The number of fused-ring (bicyclic) bond motifs is 1. The normalized spacial score (nSPS) is 13.4. The molecule has 0 unspecified atom stereocenters. The van der Waals surface area contributed by atoms with Gasteiger partial charge in [-0.1, -0.05) is 23.9 Å². The van der Waals surface area contributed by atoms with Gasteiger partial charge in [0.05, 0.1) is 11.1 Å². The number of hydrogen-bond acceptors (Lipinski definition) is 7. The van der Waals surface area contributed by atoms with Gasteiger partial charge in [-0.2, -0.15) is 0 Å². The van der Waals surface area contributed by atoms with Crippen LogP contribution in [0, 0.1) is 0 Å². The fraction of sp³-hybridized carbons (Fsp3) is 0.118. The second-order valence-corrected chi connectivity index (χ2v) is 6.31. The van der Waals surface area contributed by atoms with Gasteiger partial charge in [0.2, 0.25) is 5.89 Å². The molecule has 124 valence electrons. The molecule has 25 heavy (non-hydrogen) atoms. The number of hydrogen-bond donors (Lipinski definition) is 0. The van der Waals surface area contributed by atoms with Crippen molar-refractivity contribution in [3.63, 3.8) is 0 Å². The van der Waals surface area contributed by atoms with Crippen LogP contribution in [0.3, 0.4) is 0 Å². The standard InChI is InChI=1S/C17H12N4O3S/c22-15-12-3-1-2-4-13(12)16(23)21(15)9-10-25-17-20-19-14(24-17)11-5-7-18-8-6-11/h1-8H,9-10H2. The van der Waals surface area contributed by atoms with Gasteiger partial charge in [0.1, 0.15) is 0 Å². The van der Waals surface area contributed by atoms with Crippen LogP contribution < -0.4 is 0 Å². The van der Waals surface area contributed by atoms with Crippen LogP contribution in [0.4, 0.5) is 0 Å². The molecule has 7 nitrogen and oxygen atoms in total. The topological polar surface area (TPSA) is 89.2 Å². The van der Waals surface area contributed by atoms with Gasteiger partial charge in [-0.25, -0.2) is 0 Å². The maximum absolute atomic E-state index is 12.3. The number of rotatable bonds is 5. The van der Waals surface area contributed by atoms with Crippen LogP contribution in [-0.4, -0.2) is 44.2 Å². The van der Waals surface area contributed by atoms with E-state index >= 15 is 0 Å². The van der Waals surface area contributed by atoms with Crippen molar-refractivity contribution in [1.82, 2.24) is 20.1 Å². The number of nitrogens with zero attached hydrogens (tertiary/aromatic N) is 4. The van der Waals surface area contributed by atoms with Crippen molar-refractivity contribution < 1.29 is 14.0 Å². The smallest absolute Gasteiger partial charge is 0.276 e. The Bertz CT molecular complexity index is 907. The van der Waals surface area contributed by atoms with Gasteiger partial charge in [0, 0.05) is 30.3 Å². The minimum atomic E-state index is -0.260. The third-order valence-corrected chi connectivity index (χ3v) is 4.55. The molecule has 0 saturated heterocycles. The molecule has 2 amide bonds. The summed E-state index contributed by atoms with van der Waals surface area (Å²) in [5.74, 6) is 0.364. The number of thioether (sulfide) groups is 1. The minimum Gasteiger partial charge on any atom is -0.411 e. The third-order valence-electron chi connectivity index (χ3n) is 3.75. The van der Waals surface area contributed by atoms with E-state index in [-0.39, 0.29) is 18.4 Å².